The van der Waals surface area contributed by atoms with Crippen LogP contribution in [-0.4, -0.2) is 11.0 Å². The zero-order valence-electron chi connectivity index (χ0n) is 10.00. The van der Waals surface area contributed by atoms with E-state index in [-0.39, 0.29) is 5.84 Å². The number of rotatable bonds is 3. The van der Waals surface area contributed by atoms with Crippen molar-refractivity contribution in [1.82, 2.24) is 0 Å². The summed E-state index contributed by atoms with van der Waals surface area (Å²) in [5.74, 6) is 0.131. The monoisotopic (exact) mass is 258 g/mol. The molecule has 0 bridgehead atoms. The largest absolute Gasteiger partial charge is 0.409 e. The minimum atomic E-state index is 0.131. The highest BCUT2D eigenvalue weighted by molar-refractivity contribution is 7.99. The lowest BCUT2D eigenvalue weighted by Gasteiger charge is -2.09. The van der Waals surface area contributed by atoms with Crippen LogP contribution in [0, 0.1) is 6.92 Å². The third kappa shape index (κ3) is 2.65. The van der Waals surface area contributed by atoms with Crippen molar-refractivity contribution >= 4 is 17.6 Å². The van der Waals surface area contributed by atoms with Gasteiger partial charge in [-0.15, -0.1) is 0 Å². The first kappa shape index (κ1) is 12.5. The molecule has 2 rings (SSSR count). The first-order valence-electron chi connectivity index (χ1n) is 5.53. The lowest BCUT2D eigenvalue weighted by molar-refractivity contribution is 0.318. The molecule has 0 amide bonds. The quantitative estimate of drug-likeness (QED) is 0.384. The number of nitrogens with two attached hydrogens (primary N) is 1. The summed E-state index contributed by atoms with van der Waals surface area (Å²) < 4.78 is 0. The Morgan fingerprint density at radius 3 is 2.33 bits per heavy atom. The van der Waals surface area contributed by atoms with E-state index in [1.165, 1.54) is 5.56 Å². The molecule has 92 valence electrons. The maximum absolute atomic E-state index is 8.79. The van der Waals surface area contributed by atoms with Gasteiger partial charge in [-0.05, 0) is 24.6 Å². The molecule has 2 aromatic carbocycles. The van der Waals surface area contributed by atoms with E-state index in [0.29, 0.717) is 0 Å². The van der Waals surface area contributed by atoms with E-state index in [1.807, 2.05) is 36.4 Å². The van der Waals surface area contributed by atoms with Gasteiger partial charge in [0.1, 0.15) is 0 Å². The maximum Gasteiger partial charge on any atom is 0.171 e. The van der Waals surface area contributed by atoms with E-state index in [0.717, 1.165) is 15.4 Å². The smallest absolute Gasteiger partial charge is 0.171 e. The van der Waals surface area contributed by atoms with E-state index < -0.39 is 0 Å². The van der Waals surface area contributed by atoms with E-state index in [1.54, 1.807) is 11.8 Å². The first-order chi connectivity index (χ1) is 8.72. The van der Waals surface area contributed by atoms with Gasteiger partial charge in [-0.2, -0.15) is 0 Å². The molecule has 0 aliphatic heterocycles. The van der Waals surface area contributed by atoms with Crippen LogP contribution in [0.25, 0.3) is 0 Å². The second-order valence-electron chi connectivity index (χ2n) is 3.85. The molecule has 0 spiro atoms. The van der Waals surface area contributed by atoms with Crippen LogP contribution in [0.4, 0.5) is 0 Å². The topological polar surface area (TPSA) is 58.6 Å². The third-order valence-electron chi connectivity index (χ3n) is 2.58. The van der Waals surface area contributed by atoms with E-state index in [9.17, 15) is 0 Å². The summed E-state index contributed by atoms with van der Waals surface area (Å²) in [6, 6.07) is 15.7. The molecule has 0 fully saturated rings. The summed E-state index contributed by atoms with van der Waals surface area (Å²) >= 11 is 1.61. The fourth-order valence-electron chi connectivity index (χ4n) is 1.61. The van der Waals surface area contributed by atoms with Crippen LogP contribution < -0.4 is 5.73 Å². The second-order valence-corrected chi connectivity index (χ2v) is 4.93. The van der Waals surface area contributed by atoms with Crippen molar-refractivity contribution in [2.45, 2.75) is 16.7 Å². The van der Waals surface area contributed by atoms with Crippen LogP contribution in [0.3, 0.4) is 0 Å². The predicted molar refractivity (Wildman–Crippen MR) is 74.3 cm³/mol. The van der Waals surface area contributed by atoms with Crippen LogP contribution in [0.15, 0.2) is 63.5 Å². The predicted octanol–water partition coefficient (Wildman–Crippen LogP) is 3.24. The molecule has 4 heteroatoms. The molecule has 0 saturated heterocycles. The van der Waals surface area contributed by atoms with Gasteiger partial charge in [-0.3, -0.25) is 0 Å². The lowest BCUT2D eigenvalue weighted by atomic mass is 10.2. The Hall–Kier alpha value is -1.94. The molecule has 3 nitrogen and oxygen atoms in total. The van der Waals surface area contributed by atoms with Gasteiger partial charge in [-0.1, -0.05) is 53.3 Å². The average Bonchev–Trinajstić information content (AvgIpc) is 2.41. The zero-order valence-corrected chi connectivity index (χ0v) is 10.8. The molecule has 2 aromatic rings. The van der Waals surface area contributed by atoms with E-state index in [2.05, 4.69) is 24.2 Å². The van der Waals surface area contributed by atoms with Crippen molar-refractivity contribution in [3.63, 3.8) is 0 Å². The Morgan fingerprint density at radius 2 is 1.67 bits per heavy atom. The zero-order chi connectivity index (χ0) is 13.0. The Balaban J connectivity index is 2.38. The summed E-state index contributed by atoms with van der Waals surface area (Å²) in [7, 11) is 0. The van der Waals surface area contributed by atoms with Gasteiger partial charge in [0.25, 0.3) is 0 Å². The highest BCUT2D eigenvalue weighted by Crippen LogP contribution is 2.32. The summed E-state index contributed by atoms with van der Waals surface area (Å²) in [5.41, 5.74) is 7.62. The summed E-state index contributed by atoms with van der Waals surface area (Å²) in [5, 5.41) is 11.9. The van der Waals surface area contributed by atoms with Gasteiger partial charge < -0.3 is 10.9 Å². The fraction of sp³-hybridized carbons (Fsp3) is 0.0714. The molecular weight excluding hydrogens is 244 g/mol. The molecule has 0 heterocycles. The van der Waals surface area contributed by atoms with Crippen LogP contribution in [0.5, 0.6) is 0 Å². The van der Waals surface area contributed by atoms with E-state index in [4.69, 9.17) is 10.9 Å². The minimum absolute atomic E-state index is 0.131. The Bertz CT molecular complexity index is 582. The second kappa shape index (κ2) is 5.60. The Kier molecular flexibility index (Phi) is 3.89. The molecule has 0 saturated carbocycles. The molecule has 18 heavy (non-hydrogen) atoms. The van der Waals surface area contributed by atoms with E-state index >= 15 is 0 Å². The molecule has 0 aromatic heterocycles. The van der Waals surface area contributed by atoms with Crippen molar-refractivity contribution in [2.24, 2.45) is 10.9 Å². The van der Waals surface area contributed by atoms with Crippen molar-refractivity contribution in [3.8, 4) is 0 Å². The average molecular weight is 258 g/mol. The van der Waals surface area contributed by atoms with Gasteiger partial charge in [0.15, 0.2) is 5.84 Å². The molecule has 3 N–H and O–H groups in total. The molecule has 0 aliphatic rings. The van der Waals surface area contributed by atoms with Crippen LogP contribution >= 0.6 is 11.8 Å². The Morgan fingerprint density at radius 1 is 1.06 bits per heavy atom. The lowest BCUT2D eigenvalue weighted by Crippen LogP contribution is -2.14. The Labute approximate surface area is 110 Å². The molecule has 0 unspecified atom stereocenters. The van der Waals surface area contributed by atoms with Crippen molar-refractivity contribution in [3.05, 3.63) is 59.7 Å². The minimum Gasteiger partial charge on any atom is -0.409 e. The number of hydrogen-bond acceptors (Lipinski definition) is 3. The molecule has 0 aliphatic carbocycles. The first-order valence-corrected chi connectivity index (χ1v) is 6.34. The SMILES string of the molecule is Cc1ccccc1Sc1ccccc1/C(N)=N/O. The number of oxime groups is 1. The molecule has 0 atom stereocenters. The van der Waals surface area contributed by atoms with Gasteiger partial charge in [0.2, 0.25) is 0 Å². The van der Waals surface area contributed by atoms with Gasteiger partial charge in [-0.25, -0.2) is 0 Å². The number of nitrogens with zero attached hydrogens (tertiary/aromatic N) is 1. The summed E-state index contributed by atoms with van der Waals surface area (Å²) in [4.78, 5) is 2.14. The third-order valence-corrected chi connectivity index (χ3v) is 3.84. The number of aryl methyl sites for hydroxylation is 1. The maximum atomic E-state index is 8.79. The van der Waals surface area contributed by atoms with Gasteiger partial charge >= 0.3 is 0 Å². The fourth-order valence-corrected chi connectivity index (χ4v) is 2.65. The molecular formula is C14H14N2OS. The molecule has 0 radical (unpaired) electrons. The van der Waals surface area contributed by atoms with Crippen LogP contribution in [0.1, 0.15) is 11.1 Å². The van der Waals surface area contributed by atoms with Gasteiger partial charge in [0, 0.05) is 15.4 Å². The summed E-state index contributed by atoms with van der Waals surface area (Å²) in [6.07, 6.45) is 0. The van der Waals surface area contributed by atoms with Crippen molar-refractivity contribution < 1.29 is 5.21 Å². The standard InChI is InChI=1S/C14H14N2OS/c1-10-6-2-4-8-12(10)18-13-9-5-3-7-11(13)14(15)16-17/h2-9,17H,1H3,(H2,15,16). The normalized spacial score (nSPS) is 11.5. The number of benzene rings is 2. The van der Waals surface area contributed by atoms with Crippen molar-refractivity contribution in [1.29, 1.82) is 0 Å². The highest BCUT2D eigenvalue weighted by Gasteiger charge is 2.08. The number of amidine groups is 1. The highest BCUT2D eigenvalue weighted by atomic mass is 32.2. The summed E-state index contributed by atoms with van der Waals surface area (Å²) in [6.45, 7) is 2.06. The van der Waals surface area contributed by atoms with Crippen LogP contribution in [-0.2, 0) is 0 Å². The number of hydrogen-bond donors (Lipinski definition) is 2. The van der Waals surface area contributed by atoms with Crippen LogP contribution in [0.2, 0.25) is 0 Å². The van der Waals surface area contributed by atoms with Gasteiger partial charge in [0.05, 0.1) is 0 Å². The van der Waals surface area contributed by atoms with Crippen molar-refractivity contribution in [2.75, 3.05) is 0 Å².